The van der Waals surface area contributed by atoms with Gasteiger partial charge in [0.25, 0.3) is 0 Å². The molecule has 0 bridgehead atoms. The minimum atomic E-state index is -0.998. The number of allylic oxidation sites excluding steroid dienone is 2. The van der Waals surface area contributed by atoms with Gasteiger partial charge in [0.05, 0.1) is 5.60 Å². The van der Waals surface area contributed by atoms with Gasteiger partial charge >= 0.3 is 0 Å². The van der Waals surface area contributed by atoms with Gasteiger partial charge in [0.15, 0.2) is 5.78 Å². The van der Waals surface area contributed by atoms with Gasteiger partial charge in [-0.25, -0.2) is 0 Å². The molecule has 0 fully saturated rings. The van der Waals surface area contributed by atoms with Crippen molar-refractivity contribution in [1.82, 2.24) is 0 Å². The number of carbonyl (C=O) groups excluding carboxylic acids is 1. The summed E-state index contributed by atoms with van der Waals surface area (Å²) in [6.45, 7) is 1.77. The van der Waals surface area contributed by atoms with Gasteiger partial charge in [-0.2, -0.15) is 0 Å². The topological polar surface area (TPSA) is 37.3 Å². The minimum Gasteiger partial charge on any atom is -0.385 e. The summed E-state index contributed by atoms with van der Waals surface area (Å²) in [5, 5.41) is 10.6. The first-order chi connectivity index (χ1) is 10.6. The molecule has 2 aromatic carbocycles. The highest BCUT2D eigenvalue weighted by molar-refractivity contribution is 6.10. The number of rotatable bonds is 3. The molecule has 0 heterocycles. The SMILES string of the molecule is CC1(O)C=CC=CC1c1ccccc1C(=O)c1ccccc1. The zero-order valence-corrected chi connectivity index (χ0v) is 12.4. The van der Waals surface area contributed by atoms with Crippen LogP contribution in [0.4, 0.5) is 0 Å². The summed E-state index contributed by atoms with van der Waals surface area (Å²) in [5.41, 5.74) is 1.15. The molecule has 110 valence electrons. The molecule has 1 aliphatic carbocycles. The predicted molar refractivity (Wildman–Crippen MR) is 88.0 cm³/mol. The largest absolute Gasteiger partial charge is 0.385 e. The Morgan fingerprint density at radius 1 is 1.00 bits per heavy atom. The van der Waals surface area contributed by atoms with E-state index in [0.29, 0.717) is 11.1 Å². The normalized spacial score (nSPS) is 23.5. The van der Waals surface area contributed by atoms with Crippen LogP contribution >= 0.6 is 0 Å². The van der Waals surface area contributed by atoms with Crippen molar-refractivity contribution in [2.24, 2.45) is 0 Å². The van der Waals surface area contributed by atoms with Crippen LogP contribution in [-0.4, -0.2) is 16.5 Å². The molecule has 0 spiro atoms. The summed E-state index contributed by atoms with van der Waals surface area (Å²) in [6.07, 6.45) is 7.45. The van der Waals surface area contributed by atoms with Crippen molar-refractivity contribution in [1.29, 1.82) is 0 Å². The van der Waals surface area contributed by atoms with Gasteiger partial charge in [0.2, 0.25) is 0 Å². The fourth-order valence-electron chi connectivity index (χ4n) is 2.86. The molecule has 2 aromatic rings. The van der Waals surface area contributed by atoms with E-state index in [1.807, 2.05) is 72.8 Å². The molecular formula is C20H18O2. The minimum absolute atomic E-state index is 0.0186. The maximum atomic E-state index is 12.8. The Morgan fingerprint density at radius 3 is 2.41 bits per heavy atom. The van der Waals surface area contributed by atoms with Crippen LogP contribution in [0.3, 0.4) is 0 Å². The van der Waals surface area contributed by atoms with Gasteiger partial charge in [-0.15, -0.1) is 0 Å². The van der Waals surface area contributed by atoms with Crippen molar-refractivity contribution in [2.75, 3.05) is 0 Å². The van der Waals surface area contributed by atoms with Crippen molar-refractivity contribution in [3.63, 3.8) is 0 Å². The molecule has 0 radical (unpaired) electrons. The molecular weight excluding hydrogens is 272 g/mol. The third kappa shape index (κ3) is 2.66. The summed E-state index contributed by atoms with van der Waals surface area (Å²) in [4.78, 5) is 12.8. The maximum Gasteiger partial charge on any atom is 0.193 e. The lowest BCUT2D eigenvalue weighted by molar-refractivity contribution is 0.0933. The third-order valence-electron chi connectivity index (χ3n) is 4.05. The van der Waals surface area contributed by atoms with Crippen molar-refractivity contribution < 1.29 is 9.90 Å². The highest BCUT2D eigenvalue weighted by Gasteiger charge is 2.32. The van der Waals surface area contributed by atoms with Crippen LogP contribution in [-0.2, 0) is 0 Å². The Labute approximate surface area is 130 Å². The van der Waals surface area contributed by atoms with Crippen molar-refractivity contribution in [2.45, 2.75) is 18.4 Å². The molecule has 0 saturated heterocycles. The van der Waals surface area contributed by atoms with E-state index < -0.39 is 5.60 Å². The van der Waals surface area contributed by atoms with E-state index in [1.165, 1.54) is 0 Å². The van der Waals surface area contributed by atoms with Crippen LogP contribution in [0.25, 0.3) is 0 Å². The molecule has 0 aromatic heterocycles. The highest BCUT2D eigenvalue weighted by atomic mass is 16.3. The van der Waals surface area contributed by atoms with E-state index >= 15 is 0 Å². The summed E-state index contributed by atoms with van der Waals surface area (Å²) in [6, 6.07) is 16.7. The first kappa shape index (κ1) is 14.5. The van der Waals surface area contributed by atoms with Crippen LogP contribution in [0.2, 0.25) is 0 Å². The van der Waals surface area contributed by atoms with Crippen LogP contribution in [0.15, 0.2) is 78.9 Å². The lowest BCUT2D eigenvalue weighted by Gasteiger charge is -2.31. The third-order valence-corrected chi connectivity index (χ3v) is 4.05. The number of hydrogen-bond acceptors (Lipinski definition) is 2. The lowest BCUT2D eigenvalue weighted by Crippen LogP contribution is -2.31. The average molecular weight is 290 g/mol. The molecule has 1 aliphatic rings. The summed E-state index contributed by atoms with van der Waals surface area (Å²) in [7, 11) is 0. The molecule has 2 unspecified atom stereocenters. The number of ketones is 1. The van der Waals surface area contributed by atoms with E-state index in [0.717, 1.165) is 5.56 Å². The van der Waals surface area contributed by atoms with Gasteiger partial charge in [-0.3, -0.25) is 4.79 Å². The first-order valence-electron chi connectivity index (χ1n) is 7.37. The summed E-state index contributed by atoms with van der Waals surface area (Å²) in [5.74, 6) is -0.253. The van der Waals surface area contributed by atoms with Gasteiger partial charge < -0.3 is 5.11 Å². The fraction of sp³-hybridized carbons (Fsp3) is 0.150. The van der Waals surface area contributed by atoms with E-state index in [9.17, 15) is 9.90 Å². The molecule has 0 amide bonds. The van der Waals surface area contributed by atoms with Gasteiger partial charge in [0, 0.05) is 17.0 Å². The average Bonchev–Trinajstić information content (AvgIpc) is 2.55. The second kappa shape index (κ2) is 5.74. The smallest absolute Gasteiger partial charge is 0.193 e. The monoisotopic (exact) mass is 290 g/mol. The Bertz CT molecular complexity index is 739. The molecule has 3 rings (SSSR count). The first-order valence-corrected chi connectivity index (χ1v) is 7.37. The van der Waals surface area contributed by atoms with Gasteiger partial charge in [0.1, 0.15) is 0 Å². The molecule has 22 heavy (non-hydrogen) atoms. The maximum absolute atomic E-state index is 12.8. The predicted octanol–water partition coefficient (Wildman–Crippen LogP) is 3.88. The van der Waals surface area contributed by atoms with E-state index in [-0.39, 0.29) is 11.7 Å². The number of carbonyl (C=O) groups is 1. The van der Waals surface area contributed by atoms with Crippen molar-refractivity contribution in [3.05, 3.63) is 95.6 Å². The van der Waals surface area contributed by atoms with Crippen LogP contribution < -0.4 is 0 Å². The number of aliphatic hydroxyl groups is 1. The zero-order valence-electron chi connectivity index (χ0n) is 12.4. The van der Waals surface area contributed by atoms with Crippen LogP contribution in [0.1, 0.15) is 34.3 Å². The Morgan fingerprint density at radius 2 is 1.68 bits per heavy atom. The molecule has 2 nitrogen and oxygen atoms in total. The van der Waals surface area contributed by atoms with E-state index in [2.05, 4.69) is 0 Å². The molecule has 2 heteroatoms. The van der Waals surface area contributed by atoms with Crippen molar-refractivity contribution >= 4 is 5.78 Å². The summed E-state index contributed by atoms with van der Waals surface area (Å²) >= 11 is 0. The Hall–Kier alpha value is -2.45. The Kier molecular flexibility index (Phi) is 3.78. The number of benzene rings is 2. The second-order valence-electron chi connectivity index (χ2n) is 5.73. The van der Waals surface area contributed by atoms with E-state index in [4.69, 9.17) is 0 Å². The molecule has 0 aliphatic heterocycles. The lowest BCUT2D eigenvalue weighted by atomic mass is 9.78. The molecule has 2 atom stereocenters. The summed E-state index contributed by atoms with van der Waals surface area (Å²) < 4.78 is 0. The Balaban J connectivity index is 2.06. The van der Waals surface area contributed by atoms with Crippen molar-refractivity contribution in [3.8, 4) is 0 Å². The zero-order chi connectivity index (χ0) is 15.6. The van der Waals surface area contributed by atoms with Crippen LogP contribution in [0, 0.1) is 0 Å². The quantitative estimate of drug-likeness (QED) is 0.871. The van der Waals surface area contributed by atoms with Crippen LogP contribution in [0.5, 0.6) is 0 Å². The standard InChI is InChI=1S/C20H18O2/c1-20(22)14-8-7-13-18(20)16-11-5-6-12-17(16)19(21)15-9-3-2-4-10-15/h2-14,18,22H,1H3. The fourth-order valence-corrected chi connectivity index (χ4v) is 2.86. The molecule has 0 saturated carbocycles. The second-order valence-corrected chi connectivity index (χ2v) is 5.73. The van der Waals surface area contributed by atoms with E-state index in [1.54, 1.807) is 13.0 Å². The van der Waals surface area contributed by atoms with Gasteiger partial charge in [-0.05, 0) is 12.5 Å². The number of hydrogen-bond donors (Lipinski definition) is 1. The molecule has 1 N–H and O–H groups in total. The van der Waals surface area contributed by atoms with Gasteiger partial charge in [-0.1, -0.05) is 78.9 Å². The highest BCUT2D eigenvalue weighted by Crippen LogP contribution is 2.35.